The molecule has 3 heteroatoms. The van der Waals surface area contributed by atoms with E-state index in [1.807, 2.05) is 25.1 Å². The zero-order valence-electron chi connectivity index (χ0n) is 13.7. The fourth-order valence-corrected chi connectivity index (χ4v) is 3.38. The molecule has 2 aliphatic carbocycles. The van der Waals surface area contributed by atoms with Gasteiger partial charge in [0.15, 0.2) is 0 Å². The number of pyridine rings is 1. The quantitative estimate of drug-likeness (QED) is 0.808. The number of nitrogens with zero attached hydrogens (tertiary/aromatic N) is 1. The van der Waals surface area contributed by atoms with Crippen LogP contribution in [0.4, 0.5) is 0 Å². The van der Waals surface area contributed by atoms with Crippen LogP contribution >= 0.6 is 0 Å². The molecule has 22 heavy (non-hydrogen) atoms. The summed E-state index contributed by atoms with van der Waals surface area (Å²) in [6.45, 7) is 5.74. The zero-order valence-corrected chi connectivity index (χ0v) is 13.7. The highest BCUT2D eigenvalue weighted by Gasteiger charge is 2.20. The van der Waals surface area contributed by atoms with Gasteiger partial charge in [-0.2, -0.15) is 0 Å². The first kappa shape index (κ1) is 15.3. The molecule has 1 unspecified atom stereocenters. The van der Waals surface area contributed by atoms with Crippen LogP contribution in [0, 0.1) is 6.92 Å². The average molecular weight is 298 g/mol. The van der Waals surface area contributed by atoms with Gasteiger partial charge in [0.05, 0.1) is 0 Å². The lowest BCUT2D eigenvalue weighted by atomic mass is 9.90. The Morgan fingerprint density at radius 3 is 3.00 bits per heavy atom. The van der Waals surface area contributed by atoms with Crippen molar-refractivity contribution in [2.45, 2.75) is 52.0 Å². The molecular formula is C19H26N2O. The van der Waals surface area contributed by atoms with Crippen LogP contribution < -0.4 is 10.1 Å². The Bertz CT molecular complexity index is 589. The maximum atomic E-state index is 5.69. The molecule has 0 radical (unpaired) electrons. The van der Waals surface area contributed by atoms with Crippen LogP contribution in [-0.4, -0.2) is 24.2 Å². The van der Waals surface area contributed by atoms with Crippen LogP contribution in [0.25, 0.3) is 0 Å². The van der Waals surface area contributed by atoms with E-state index in [0.717, 1.165) is 12.2 Å². The Morgan fingerprint density at radius 2 is 2.14 bits per heavy atom. The van der Waals surface area contributed by atoms with Gasteiger partial charge < -0.3 is 10.1 Å². The first-order valence-corrected chi connectivity index (χ1v) is 8.43. The van der Waals surface area contributed by atoms with E-state index < -0.39 is 0 Å². The zero-order chi connectivity index (χ0) is 15.4. The van der Waals surface area contributed by atoms with Crippen LogP contribution in [-0.2, 0) is 0 Å². The lowest BCUT2D eigenvalue weighted by Gasteiger charge is -2.22. The second kappa shape index (κ2) is 7.10. The molecule has 2 aliphatic rings. The molecule has 1 heterocycles. The molecule has 3 nitrogen and oxygen atoms in total. The molecule has 0 fully saturated rings. The second-order valence-electron chi connectivity index (χ2n) is 6.34. The van der Waals surface area contributed by atoms with Crippen molar-refractivity contribution in [2.75, 3.05) is 13.2 Å². The standard InChI is InChI=1S/C19H26N2O/c1-14-5-3-8-19(21-14)22-12-11-20-15(2)17-10-9-16-6-4-7-18(16)13-17/h3,5,8,13,15,20H,4,6-7,9-12H2,1-2H3. The van der Waals surface area contributed by atoms with E-state index in [1.54, 1.807) is 16.7 Å². The molecule has 1 atom stereocenters. The Hall–Kier alpha value is -1.61. The number of hydrogen-bond donors (Lipinski definition) is 1. The molecule has 0 amide bonds. The van der Waals surface area contributed by atoms with Crippen molar-refractivity contribution < 1.29 is 4.74 Å². The molecule has 0 aromatic carbocycles. The number of aromatic nitrogens is 1. The van der Waals surface area contributed by atoms with Crippen molar-refractivity contribution in [1.82, 2.24) is 10.3 Å². The van der Waals surface area contributed by atoms with Crippen molar-refractivity contribution in [3.05, 3.63) is 46.7 Å². The van der Waals surface area contributed by atoms with Crippen LogP contribution in [0.1, 0.15) is 44.7 Å². The van der Waals surface area contributed by atoms with Gasteiger partial charge in [-0.25, -0.2) is 4.98 Å². The van der Waals surface area contributed by atoms with Crippen LogP contribution in [0.2, 0.25) is 0 Å². The summed E-state index contributed by atoms with van der Waals surface area (Å²) < 4.78 is 5.69. The molecule has 1 aromatic rings. The lowest BCUT2D eigenvalue weighted by Crippen LogP contribution is -2.32. The summed E-state index contributed by atoms with van der Waals surface area (Å²) in [6.07, 6.45) is 8.91. The SMILES string of the molecule is Cc1cccc(OCCNC(C)C2=CC3=C(CCC3)CC2)n1. The summed E-state index contributed by atoms with van der Waals surface area (Å²) >= 11 is 0. The number of rotatable bonds is 6. The molecule has 0 spiro atoms. The van der Waals surface area contributed by atoms with Crippen molar-refractivity contribution in [3.63, 3.8) is 0 Å². The van der Waals surface area contributed by atoms with Crippen molar-refractivity contribution in [2.24, 2.45) is 0 Å². The van der Waals surface area contributed by atoms with Crippen LogP contribution in [0.5, 0.6) is 5.88 Å². The number of nitrogens with one attached hydrogen (secondary N) is 1. The van der Waals surface area contributed by atoms with Crippen LogP contribution in [0.3, 0.4) is 0 Å². The maximum absolute atomic E-state index is 5.69. The van der Waals surface area contributed by atoms with Gasteiger partial charge >= 0.3 is 0 Å². The minimum Gasteiger partial charge on any atom is -0.476 e. The highest BCUT2D eigenvalue weighted by Crippen LogP contribution is 2.36. The topological polar surface area (TPSA) is 34.1 Å². The number of aryl methyl sites for hydroxylation is 1. The predicted molar refractivity (Wildman–Crippen MR) is 90.1 cm³/mol. The largest absolute Gasteiger partial charge is 0.476 e. The van der Waals surface area contributed by atoms with Gasteiger partial charge in [0.25, 0.3) is 0 Å². The summed E-state index contributed by atoms with van der Waals surface area (Å²) in [5, 5.41) is 3.57. The fraction of sp³-hybridized carbons (Fsp3) is 0.526. The van der Waals surface area contributed by atoms with Gasteiger partial charge in [0.1, 0.15) is 6.61 Å². The van der Waals surface area contributed by atoms with E-state index >= 15 is 0 Å². The lowest BCUT2D eigenvalue weighted by molar-refractivity contribution is 0.298. The molecule has 0 bridgehead atoms. The van der Waals surface area contributed by atoms with E-state index in [4.69, 9.17) is 4.74 Å². The molecule has 0 saturated carbocycles. The summed E-state index contributed by atoms with van der Waals surface area (Å²) in [6, 6.07) is 6.31. The monoisotopic (exact) mass is 298 g/mol. The van der Waals surface area contributed by atoms with E-state index in [1.165, 1.54) is 32.1 Å². The Morgan fingerprint density at radius 1 is 1.23 bits per heavy atom. The molecule has 118 valence electrons. The third-order valence-electron chi connectivity index (χ3n) is 4.68. The van der Waals surface area contributed by atoms with Crippen molar-refractivity contribution in [1.29, 1.82) is 0 Å². The van der Waals surface area contributed by atoms with E-state index in [-0.39, 0.29) is 0 Å². The number of hydrogen-bond acceptors (Lipinski definition) is 3. The van der Waals surface area contributed by atoms with E-state index in [9.17, 15) is 0 Å². The number of allylic oxidation sites excluding steroid dienone is 3. The van der Waals surface area contributed by atoms with Gasteiger partial charge in [0, 0.05) is 24.3 Å². The van der Waals surface area contributed by atoms with Crippen molar-refractivity contribution in [3.8, 4) is 5.88 Å². The average Bonchev–Trinajstić information content (AvgIpc) is 2.99. The number of ether oxygens (including phenoxy) is 1. The summed E-state index contributed by atoms with van der Waals surface area (Å²) in [4.78, 5) is 4.35. The molecule has 3 rings (SSSR count). The minimum atomic E-state index is 0.434. The van der Waals surface area contributed by atoms with E-state index in [2.05, 4.69) is 23.3 Å². The molecule has 0 aliphatic heterocycles. The normalized spacial score (nSPS) is 18.9. The fourth-order valence-electron chi connectivity index (χ4n) is 3.38. The predicted octanol–water partition coefficient (Wildman–Crippen LogP) is 3.95. The third kappa shape index (κ3) is 3.77. The maximum Gasteiger partial charge on any atom is 0.213 e. The Balaban J connectivity index is 1.44. The minimum absolute atomic E-state index is 0.434. The van der Waals surface area contributed by atoms with Gasteiger partial charge in [-0.1, -0.05) is 23.3 Å². The highest BCUT2D eigenvalue weighted by molar-refractivity contribution is 5.37. The van der Waals surface area contributed by atoms with Crippen molar-refractivity contribution >= 4 is 0 Å². The summed E-state index contributed by atoms with van der Waals surface area (Å²) in [5.74, 6) is 0.715. The Kier molecular flexibility index (Phi) is 4.94. The smallest absolute Gasteiger partial charge is 0.213 e. The first-order chi connectivity index (χ1) is 10.7. The third-order valence-corrected chi connectivity index (χ3v) is 4.68. The van der Waals surface area contributed by atoms with Gasteiger partial charge in [-0.3, -0.25) is 0 Å². The summed E-state index contributed by atoms with van der Waals surface area (Å²) in [7, 11) is 0. The molecule has 1 aromatic heterocycles. The molecule has 1 N–H and O–H groups in total. The van der Waals surface area contributed by atoms with Gasteiger partial charge in [-0.05, 0) is 57.6 Å². The van der Waals surface area contributed by atoms with Gasteiger partial charge in [-0.15, -0.1) is 0 Å². The molecule has 0 saturated heterocycles. The van der Waals surface area contributed by atoms with E-state index in [0.29, 0.717) is 18.5 Å². The van der Waals surface area contributed by atoms with Crippen LogP contribution in [0.15, 0.2) is 41.0 Å². The molecular weight excluding hydrogens is 272 g/mol. The highest BCUT2D eigenvalue weighted by atomic mass is 16.5. The summed E-state index contributed by atoms with van der Waals surface area (Å²) in [5.41, 5.74) is 5.88. The Labute approximate surface area is 133 Å². The van der Waals surface area contributed by atoms with Gasteiger partial charge in [0.2, 0.25) is 5.88 Å². The second-order valence-corrected chi connectivity index (χ2v) is 6.34. The first-order valence-electron chi connectivity index (χ1n) is 8.43.